The van der Waals surface area contributed by atoms with Gasteiger partial charge in [-0.2, -0.15) is 0 Å². The second-order valence-electron chi connectivity index (χ2n) is 6.19. The van der Waals surface area contributed by atoms with Crippen molar-refractivity contribution in [3.63, 3.8) is 0 Å². The lowest BCUT2D eigenvalue weighted by molar-refractivity contribution is 0.737. The van der Waals surface area contributed by atoms with Gasteiger partial charge < -0.3 is 0 Å². The van der Waals surface area contributed by atoms with E-state index in [1.54, 1.807) is 0 Å². The predicted octanol–water partition coefficient (Wildman–Crippen LogP) is 3.72. The topological polar surface area (TPSA) is 0 Å². The quantitative estimate of drug-likeness (QED) is 0.630. The molecule has 1 atom stereocenters. The van der Waals surface area contributed by atoms with Gasteiger partial charge in [0.1, 0.15) is 0 Å². The molecule has 0 aliphatic heterocycles. The van der Waals surface area contributed by atoms with Crippen LogP contribution in [-0.2, 0) is 0 Å². The van der Waals surface area contributed by atoms with Gasteiger partial charge in [0.15, 0.2) is 0 Å². The molecule has 0 saturated heterocycles. The molecule has 114 valence electrons. The predicted molar refractivity (Wildman–Crippen MR) is 103 cm³/mol. The fourth-order valence-corrected chi connectivity index (χ4v) is 3.29. The lowest BCUT2D eigenvalue weighted by Gasteiger charge is -2.22. The molecule has 0 N–H and O–H groups in total. The average molecular weight is 298 g/mol. The Bertz CT molecular complexity index is 695. The Morgan fingerprint density at radius 3 is 1.70 bits per heavy atom. The lowest BCUT2D eigenvalue weighted by atomic mass is 9.36. The van der Waals surface area contributed by atoms with Crippen molar-refractivity contribution < 1.29 is 0 Å². The van der Waals surface area contributed by atoms with E-state index in [9.17, 15) is 0 Å². The van der Waals surface area contributed by atoms with E-state index >= 15 is 0 Å². The summed E-state index contributed by atoms with van der Waals surface area (Å²) in [6.45, 7) is 4.88. The van der Waals surface area contributed by atoms with E-state index < -0.39 is 0 Å². The molecule has 3 aromatic rings. The molecule has 0 bridgehead atoms. The van der Waals surface area contributed by atoms with Gasteiger partial charge in [-0.05, 0) is 17.9 Å². The van der Waals surface area contributed by atoms with Gasteiger partial charge in [-0.3, -0.25) is 0 Å². The number of hydrogen-bond acceptors (Lipinski definition) is 0. The van der Waals surface area contributed by atoms with E-state index in [-0.39, 0.29) is 0 Å². The van der Waals surface area contributed by atoms with Crippen LogP contribution in [0.3, 0.4) is 0 Å². The maximum atomic E-state index is 2.33. The first-order chi connectivity index (χ1) is 11.3. The monoisotopic (exact) mass is 298 g/mol. The minimum atomic E-state index is 0.294. The molecule has 0 aromatic heterocycles. The molecule has 0 amide bonds. The van der Waals surface area contributed by atoms with E-state index in [1.165, 1.54) is 22.0 Å². The summed E-state index contributed by atoms with van der Waals surface area (Å²) in [6.07, 6.45) is 1.16. The number of hydrogen-bond donors (Lipinski definition) is 0. The lowest BCUT2D eigenvalue weighted by Crippen LogP contribution is -2.53. The number of rotatable bonds is 5. The summed E-state index contributed by atoms with van der Waals surface area (Å²) in [6, 6.07) is 30.6. The summed E-state index contributed by atoms with van der Waals surface area (Å²) in [5, 5.41) is 0. The van der Waals surface area contributed by atoms with E-state index in [4.69, 9.17) is 0 Å². The van der Waals surface area contributed by atoms with Crippen molar-refractivity contribution in [1.29, 1.82) is 0 Å². The van der Waals surface area contributed by atoms with Crippen molar-refractivity contribution in [2.75, 3.05) is 0 Å². The fourth-order valence-electron chi connectivity index (χ4n) is 3.29. The third-order valence-corrected chi connectivity index (χ3v) is 4.72. The van der Waals surface area contributed by atoms with Crippen LogP contribution < -0.4 is 16.4 Å². The second-order valence-corrected chi connectivity index (χ2v) is 6.19. The molecule has 0 fully saturated rings. The van der Waals surface area contributed by atoms with Crippen molar-refractivity contribution in [2.24, 2.45) is 0 Å². The van der Waals surface area contributed by atoms with Gasteiger partial charge in [0.05, 0.1) is 0 Å². The highest BCUT2D eigenvalue weighted by molar-refractivity contribution is 6.95. The van der Waals surface area contributed by atoms with Crippen molar-refractivity contribution in [3.8, 4) is 0 Å². The van der Waals surface area contributed by atoms with Crippen LogP contribution in [0.2, 0.25) is 0 Å². The van der Waals surface area contributed by atoms with E-state index in [2.05, 4.69) is 98.8 Å². The zero-order chi connectivity index (χ0) is 16.1. The third kappa shape index (κ3) is 3.39. The first-order valence-corrected chi connectivity index (χ1v) is 8.50. The van der Waals surface area contributed by atoms with Gasteiger partial charge in [-0.1, -0.05) is 115 Å². The Morgan fingerprint density at radius 1 is 0.696 bits per heavy atom. The largest absolute Gasteiger partial charge is 0.241 e. The zero-order valence-electron chi connectivity index (χ0n) is 13.9. The molecule has 3 aromatic carbocycles. The Morgan fingerprint density at radius 2 is 1.17 bits per heavy atom. The fraction of sp³-hybridized carbons (Fsp3) is 0.182. The summed E-state index contributed by atoms with van der Waals surface area (Å²) < 4.78 is 0. The van der Waals surface area contributed by atoms with Crippen LogP contribution in [0.15, 0.2) is 84.9 Å². The molecule has 0 aliphatic carbocycles. The van der Waals surface area contributed by atoms with Crippen LogP contribution in [0.1, 0.15) is 31.7 Å². The Balaban J connectivity index is 2.18. The number of benzene rings is 3. The molecule has 3 rings (SSSR count). The smallest absolute Gasteiger partial charge is 0.0687 e. The minimum absolute atomic E-state index is 0.294. The van der Waals surface area contributed by atoms with Gasteiger partial charge in [0.25, 0.3) is 0 Å². The highest BCUT2D eigenvalue weighted by Crippen LogP contribution is 2.17. The Kier molecular flexibility index (Phi) is 4.97. The highest BCUT2D eigenvalue weighted by atomic mass is 14.1. The molecule has 0 saturated carbocycles. The van der Waals surface area contributed by atoms with E-state index in [1.807, 2.05) is 0 Å². The molecular weight excluding hydrogens is 275 g/mol. The molecule has 1 heteroatoms. The van der Waals surface area contributed by atoms with Crippen LogP contribution >= 0.6 is 0 Å². The van der Waals surface area contributed by atoms with Gasteiger partial charge >= 0.3 is 0 Å². The molecule has 0 aliphatic rings. The van der Waals surface area contributed by atoms with Crippen LogP contribution in [0.5, 0.6) is 0 Å². The van der Waals surface area contributed by atoms with Crippen LogP contribution in [0.4, 0.5) is 0 Å². The zero-order valence-corrected chi connectivity index (χ0v) is 13.9. The Labute approximate surface area is 140 Å². The van der Waals surface area contributed by atoms with E-state index in [0.29, 0.717) is 12.6 Å². The summed E-state index contributed by atoms with van der Waals surface area (Å²) in [5.41, 5.74) is 5.61. The minimum Gasteiger partial charge on any atom is -0.0687 e. The molecule has 0 radical (unpaired) electrons. The van der Waals surface area contributed by atoms with Crippen molar-refractivity contribution in [1.82, 2.24) is 0 Å². The molecule has 0 heterocycles. The maximum Gasteiger partial charge on any atom is 0.241 e. The maximum absolute atomic E-state index is 2.33. The first kappa shape index (κ1) is 15.6. The van der Waals surface area contributed by atoms with Crippen molar-refractivity contribution in [2.45, 2.75) is 26.2 Å². The van der Waals surface area contributed by atoms with Crippen LogP contribution in [0.25, 0.3) is 0 Å². The molecule has 1 unspecified atom stereocenters. The van der Waals surface area contributed by atoms with Gasteiger partial charge in [-0.25, -0.2) is 0 Å². The Hall–Kier alpha value is -2.28. The SMILES string of the molecule is CCC(C)c1ccccc1B(c1ccccc1)c1ccccc1. The summed E-state index contributed by atoms with van der Waals surface area (Å²) in [4.78, 5) is 0. The summed E-state index contributed by atoms with van der Waals surface area (Å²) in [5.74, 6) is 0.570. The second kappa shape index (κ2) is 7.33. The van der Waals surface area contributed by atoms with E-state index in [0.717, 1.165) is 6.42 Å². The normalized spacial score (nSPS) is 11.9. The third-order valence-electron chi connectivity index (χ3n) is 4.72. The molecule has 0 nitrogen and oxygen atoms in total. The van der Waals surface area contributed by atoms with Gasteiger partial charge in [-0.15, -0.1) is 0 Å². The highest BCUT2D eigenvalue weighted by Gasteiger charge is 2.24. The standard InChI is InChI=1S/C22H23B/c1-3-18(2)21-16-10-11-17-22(21)23(19-12-6-4-7-13-19)20-14-8-5-9-15-20/h4-18H,3H2,1-2H3. The van der Waals surface area contributed by atoms with Crippen molar-refractivity contribution >= 4 is 23.1 Å². The first-order valence-electron chi connectivity index (χ1n) is 8.50. The van der Waals surface area contributed by atoms with Crippen molar-refractivity contribution in [3.05, 3.63) is 90.5 Å². The molecular formula is C22H23B. The molecule has 23 heavy (non-hydrogen) atoms. The van der Waals surface area contributed by atoms with Gasteiger partial charge in [0, 0.05) is 0 Å². The summed E-state index contributed by atoms with van der Waals surface area (Å²) >= 11 is 0. The van der Waals surface area contributed by atoms with Crippen LogP contribution in [0, 0.1) is 0 Å². The van der Waals surface area contributed by atoms with Crippen LogP contribution in [-0.4, -0.2) is 6.71 Å². The summed E-state index contributed by atoms with van der Waals surface area (Å²) in [7, 11) is 0. The molecule has 0 spiro atoms. The average Bonchev–Trinajstić information content (AvgIpc) is 2.63. The van der Waals surface area contributed by atoms with Gasteiger partial charge in [0.2, 0.25) is 6.71 Å².